The minimum atomic E-state index is -3.33. The summed E-state index contributed by atoms with van der Waals surface area (Å²) in [5.74, 6) is -0.814. The second-order valence-electron chi connectivity index (χ2n) is 5.66. The van der Waals surface area contributed by atoms with E-state index in [4.69, 9.17) is 0 Å². The lowest BCUT2D eigenvalue weighted by atomic mass is 9.90. The molecule has 21 heavy (non-hydrogen) atoms. The maximum Gasteiger partial charge on any atom is 0.310 e. The van der Waals surface area contributed by atoms with E-state index in [0.717, 1.165) is 4.47 Å². The van der Waals surface area contributed by atoms with Crippen LogP contribution in [0, 0.1) is 5.41 Å². The van der Waals surface area contributed by atoms with Gasteiger partial charge in [0.15, 0.2) is 9.84 Å². The van der Waals surface area contributed by atoms with Crippen LogP contribution in [0.3, 0.4) is 0 Å². The largest absolute Gasteiger partial charge is 0.481 e. The molecule has 0 bridgehead atoms. The van der Waals surface area contributed by atoms with Gasteiger partial charge in [-0.05, 0) is 44.2 Å². The van der Waals surface area contributed by atoms with Crippen LogP contribution in [-0.4, -0.2) is 49.8 Å². The Hall–Kier alpha value is -0.920. The quantitative estimate of drug-likeness (QED) is 0.851. The third-order valence-corrected chi connectivity index (χ3v) is 6.16. The van der Waals surface area contributed by atoms with Crippen molar-refractivity contribution in [3.8, 4) is 0 Å². The maximum absolute atomic E-state index is 12.2. The molecular formula is C14H18BrNO4S. The molecule has 0 spiro atoms. The van der Waals surface area contributed by atoms with Crippen molar-refractivity contribution in [2.75, 3.05) is 25.4 Å². The fourth-order valence-corrected chi connectivity index (χ4v) is 3.98. The molecule has 0 radical (unpaired) electrons. The summed E-state index contributed by atoms with van der Waals surface area (Å²) < 4.78 is 25.3. The van der Waals surface area contributed by atoms with E-state index in [-0.39, 0.29) is 5.75 Å². The number of benzene rings is 1. The lowest BCUT2D eigenvalue weighted by molar-refractivity contribution is -0.147. The van der Waals surface area contributed by atoms with Gasteiger partial charge in [0.2, 0.25) is 0 Å². The first-order chi connectivity index (χ1) is 9.73. The van der Waals surface area contributed by atoms with Gasteiger partial charge in [0.25, 0.3) is 0 Å². The lowest BCUT2D eigenvalue weighted by Crippen LogP contribution is -2.33. The fraction of sp³-hybridized carbons (Fsp3) is 0.500. The molecule has 2 rings (SSSR count). The number of nitrogens with zero attached hydrogens (tertiary/aromatic N) is 1. The van der Waals surface area contributed by atoms with Crippen LogP contribution in [-0.2, 0) is 14.6 Å². The highest BCUT2D eigenvalue weighted by molar-refractivity contribution is 9.10. The zero-order valence-corrected chi connectivity index (χ0v) is 14.2. The lowest BCUT2D eigenvalue weighted by Gasteiger charge is -2.19. The number of hydrogen-bond acceptors (Lipinski definition) is 4. The van der Waals surface area contributed by atoms with Gasteiger partial charge in [0.1, 0.15) is 0 Å². The summed E-state index contributed by atoms with van der Waals surface area (Å²) in [7, 11) is -3.33. The first-order valence-corrected chi connectivity index (χ1v) is 9.12. The van der Waals surface area contributed by atoms with E-state index in [1.54, 1.807) is 31.2 Å². The molecule has 1 aliphatic rings. The van der Waals surface area contributed by atoms with Crippen LogP contribution in [0.15, 0.2) is 33.6 Å². The third kappa shape index (κ3) is 3.84. The van der Waals surface area contributed by atoms with Gasteiger partial charge in [0, 0.05) is 17.6 Å². The maximum atomic E-state index is 12.2. The SMILES string of the molecule is CC1(C(=O)O)CCN(CCS(=O)(=O)c2ccc(Br)cc2)C1. The van der Waals surface area contributed by atoms with Gasteiger partial charge in [-0.1, -0.05) is 15.9 Å². The van der Waals surface area contributed by atoms with Gasteiger partial charge in [-0.25, -0.2) is 8.42 Å². The third-order valence-electron chi connectivity index (χ3n) is 3.92. The Labute approximate surface area is 133 Å². The van der Waals surface area contributed by atoms with Crippen molar-refractivity contribution in [2.45, 2.75) is 18.2 Å². The van der Waals surface area contributed by atoms with Crippen LogP contribution in [0.5, 0.6) is 0 Å². The molecule has 1 saturated heterocycles. The molecule has 1 N–H and O–H groups in total. The van der Waals surface area contributed by atoms with E-state index in [9.17, 15) is 18.3 Å². The summed E-state index contributed by atoms with van der Waals surface area (Å²) in [4.78, 5) is 13.4. The highest BCUT2D eigenvalue weighted by atomic mass is 79.9. The molecule has 7 heteroatoms. The summed E-state index contributed by atoms with van der Waals surface area (Å²) in [5, 5.41) is 9.17. The van der Waals surface area contributed by atoms with Gasteiger partial charge >= 0.3 is 5.97 Å². The topological polar surface area (TPSA) is 74.7 Å². The fourth-order valence-electron chi connectivity index (χ4n) is 2.43. The number of carboxylic acid groups (broad SMARTS) is 1. The van der Waals surface area contributed by atoms with Crippen LogP contribution in [0.2, 0.25) is 0 Å². The molecule has 1 unspecified atom stereocenters. The number of sulfone groups is 1. The normalized spacial score (nSPS) is 23.3. The molecule has 116 valence electrons. The van der Waals surface area contributed by atoms with Crippen LogP contribution in [0.4, 0.5) is 0 Å². The van der Waals surface area contributed by atoms with Crippen molar-refractivity contribution in [1.29, 1.82) is 0 Å². The van der Waals surface area contributed by atoms with Crippen molar-refractivity contribution in [3.05, 3.63) is 28.7 Å². The molecule has 1 aliphatic heterocycles. The minimum absolute atomic E-state index is 0.00430. The smallest absolute Gasteiger partial charge is 0.310 e. The molecule has 0 aliphatic carbocycles. The number of likely N-dealkylation sites (tertiary alicyclic amines) is 1. The van der Waals surface area contributed by atoms with Crippen LogP contribution in [0.25, 0.3) is 0 Å². The molecule has 5 nitrogen and oxygen atoms in total. The number of aliphatic carboxylic acids is 1. The van der Waals surface area contributed by atoms with E-state index in [1.165, 1.54) is 0 Å². The Morgan fingerprint density at radius 3 is 2.52 bits per heavy atom. The molecule has 1 fully saturated rings. The zero-order chi connectivity index (χ0) is 15.7. The highest BCUT2D eigenvalue weighted by Crippen LogP contribution is 2.30. The second kappa shape index (κ2) is 6.06. The summed E-state index contributed by atoms with van der Waals surface area (Å²) >= 11 is 3.27. The van der Waals surface area contributed by atoms with Crippen LogP contribution < -0.4 is 0 Å². The Morgan fingerprint density at radius 2 is 2.00 bits per heavy atom. The molecule has 1 aromatic carbocycles. The van der Waals surface area contributed by atoms with Gasteiger partial charge < -0.3 is 10.0 Å². The Bertz CT molecular complexity index is 629. The number of carboxylic acids is 1. The predicted molar refractivity (Wildman–Crippen MR) is 83.0 cm³/mol. The van der Waals surface area contributed by atoms with E-state index in [1.807, 2.05) is 4.90 Å². The van der Waals surface area contributed by atoms with E-state index >= 15 is 0 Å². The van der Waals surface area contributed by atoms with Crippen molar-refractivity contribution >= 4 is 31.7 Å². The van der Waals surface area contributed by atoms with Crippen LogP contribution in [0.1, 0.15) is 13.3 Å². The first kappa shape index (κ1) is 16.5. The number of carbonyl (C=O) groups is 1. The zero-order valence-electron chi connectivity index (χ0n) is 11.8. The Morgan fingerprint density at radius 1 is 1.38 bits per heavy atom. The molecule has 1 heterocycles. The van der Waals surface area contributed by atoms with Gasteiger partial charge in [-0.15, -0.1) is 0 Å². The van der Waals surface area contributed by atoms with Gasteiger partial charge in [0.05, 0.1) is 16.1 Å². The number of hydrogen-bond donors (Lipinski definition) is 1. The minimum Gasteiger partial charge on any atom is -0.481 e. The second-order valence-corrected chi connectivity index (χ2v) is 8.69. The van der Waals surface area contributed by atoms with Gasteiger partial charge in [-0.2, -0.15) is 0 Å². The molecule has 0 aromatic heterocycles. The monoisotopic (exact) mass is 375 g/mol. The molecule has 0 saturated carbocycles. The average Bonchev–Trinajstić information content (AvgIpc) is 2.81. The summed E-state index contributed by atoms with van der Waals surface area (Å²) in [6.45, 7) is 3.09. The average molecular weight is 376 g/mol. The molecule has 1 atom stereocenters. The van der Waals surface area contributed by atoms with Crippen LogP contribution >= 0.6 is 15.9 Å². The standard InChI is InChI=1S/C14H18BrNO4S/c1-14(13(17)18)6-7-16(10-14)8-9-21(19,20)12-4-2-11(15)3-5-12/h2-5H,6-10H2,1H3,(H,17,18). The van der Waals surface area contributed by atoms with E-state index < -0.39 is 21.2 Å². The highest BCUT2D eigenvalue weighted by Gasteiger charge is 2.40. The van der Waals surface area contributed by atoms with Crippen molar-refractivity contribution in [3.63, 3.8) is 0 Å². The Kier molecular flexibility index (Phi) is 4.75. The first-order valence-electron chi connectivity index (χ1n) is 6.67. The summed E-state index contributed by atoms with van der Waals surface area (Å²) in [6.07, 6.45) is 0.556. The molecular weight excluding hydrogens is 358 g/mol. The molecule has 1 aromatic rings. The van der Waals surface area contributed by atoms with Gasteiger partial charge in [-0.3, -0.25) is 4.79 Å². The predicted octanol–water partition coefficient (Wildman–Crippen LogP) is 2.02. The van der Waals surface area contributed by atoms with E-state index in [2.05, 4.69) is 15.9 Å². The van der Waals surface area contributed by atoms with Crippen molar-refractivity contribution in [2.24, 2.45) is 5.41 Å². The number of rotatable bonds is 5. The summed E-state index contributed by atoms with van der Waals surface area (Å²) in [6, 6.07) is 6.55. The Balaban J connectivity index is 1.97. The molecule has 0 amide bonds. The van der Waals surface area contributed by atoms with Crippen molar-refractivity contribution in [1.82, 2.24) is 4.90 Å². The summed E-state index contributed by atoms with van der Waals surface area (Å²) in [5.41, 5.74) is -0.763. The number of halogens is 1. The van der Waals surface area contributed by atoms with Crippen molar-refractivity contribution < 1.29 is 18.3 Å². The van der Waals surface area contributed by atoms with E-state index in [0.29, 0.717) is 31.0 Å².